The molecule has 1 amide bonds. The number of rotatable bonds is 2. The maximum absolute atomic E-state index is 13.6. The topological polar surface area (TPSA) is 32.8 Å². The highest BCUT2D eigenvalue weighted by Crippen LogP contribution is 2.33. The normalized spacial score (nSPS) is 25.9. The fourth-order valence-electron chi connectivity index (χ4n) is 3.10. The Morgan fingerprint density at radius 1 is 1.37 bits per heavy atom. The summed E-state index contributed by atoms with van der Waals surface area (Å²) in [5.41, 5.74) is 0.401. The molecule has 2 fully saturated rings. The molecule has 0 radical (unpaired) electrons. The largest absolute Gasteiger partial charge is 0.494 e. The van der Waals surface area contributed by atoms with Crippen molar-refractivity contribution in [3.8, 4) is 5.75 Å². The number of piperidine rings is 1. The molecular formula is C14H17FN2O2. The van der Waals surface area contributed by atoms with E-state index in [9.17, 15) is 9.18 Å². The minimum Gasteiger partial charge on any atom is -0.494 e. The van der Waals surface area contributed by atoms with Crippen LogP contribution in [0.5, 0.6) is 5.75 Å². The molecule has 2 aliphatic heterocycles. The zero-order valence-corrected chi connectivity index (χ0v) is 11.1. The molecule has 1 aromatic rings. The lowest BCUT2D eigenvalue weighted by atomic mass is 9.87. The highest BCUT2D eigenvalue weighted by molar-refractivity contribution is 5.95. The summed E-state index contributed by atoms with van der Waals surface area (Å²) >= 11 is 0. The fourth-order valence-corrected chi connectivity index (χ4v) is 3.10. The Labute approximate surface area is 111 Å². The first kappa shape index (κ1) is 12.4. The molecule has 2 atom stereocenters. The van der Waals surface area contributed by atoms with Gasteiger partial charge in [0.1, 0.15) is 0 Å². The number of carbonyl (C=O) groups is 1. The van der Waals surface area contributed by atoms with E-state index in [1.54, 1.807) is 6.07 Å². The molecule has 102 valence electrons. The third-order valence-corrected chi connectivity index (χ3v) is 4.01. The number of carbonyl (C=O) groups excluding carboxylic acids is 1. The van der Waals surface area contributed by atoms with Crippen molar-refractivity contribution in [3.63, 3.8) is 0 Å². The molecule has 2 heterocycles. The predicted octanol–water partition coefficient (Wildman–Crippen LogP) is 1.36. The van der Waals surface area contributed by atoms with Gasteiger partial charge in [0.15, 0.2) is 11.6 Å². The van der Waals surface area contributed by atoms with Gasteiger partial charge in [-0.1, -0.05) is 0 Å². The van der Waals surface area contributed by atoms with Gasteiger partial charge >= 0.3 is 0 Å². The van der Waals surface area contributed by atoms with Crippen LogP contribution >= 0.6 is 0 Å². The van der Waals surface area contributed by atoms with Gasteiger partial charge in [-0.15, -0.1) is 0 Å². The van der Waals surface area contributed by atoms with Crippen LogP contribution in [0.15, 0.2) is 18.2 Å². The van der Waals surface area contributed by atoms with Crippen LogP contribution in [0, 0.1) is 5.82 Å². The number of methoxy groups -OCH3 is 1. The van der Waals surface area contributed by atoms with Gasteiger partial charge in [0.25, 0.3) is 5.91 Å². The molecule has 0 N–H and O–H groups in total. The molecule has 19 heavy (non-hydrogen) atoms. The molecular weight excluding hydrogens is 247 g/mol. The monoisotopic (exact) mass is 264 g/mol. The van der Waals surface area contributed by atoms with Crippen LogP contribution in [0.1, 0.15) is 16.8 Å². The molecule has 2 aliphatic rings. The van der Waals surface area contributed by atoms with Gasteiger partial charge in [-0.05, 0) is 31.7 Å². The van der Waals surface area contributed by atoms with Crippen molar-refractivity contribution in [1.82, 2.24) is 9.80 Å². The lowest BCUT2D eigenvalue weighted by Gasteiger charge is -2.55. The first-order chi connectivity index (χ1) is 9.10. The van der Waals surface area contributed by atoms with Gasteiger partial charge in [-0.3, -0.25) is 4.79 Å². The van der Waals surface area contributed by atoms with Gasteiger partial charge in [-0.25, -0.2) is 4.39 Å². The maximum Gasteiger partial charge on any atom is 0.254 e. The van der Waals surface area contributed by atoms with Crippen LogP contribution in [-0.2, 0) is 0 Å². The van der Waals surface area contributed by atoms with Crippen molar-refractivity contribution >= 4 is 5.91 Å². The summed E-state index contributed by atoms with van der Waals surface area (Å²) in [5, 5.41) is 0. The second-order valence-electron chi connectivity index (χ2n) is 5.33. The number of benzene rings is 1. The SMILES string of the molecule is COc1ccc(C(=O)N2C3CC2CN(C)C3)cc1F. The lowest BCUT2D eigenvalue weighted by molar-refractivity contribution is -0.0397. The fraction of sp³-hybridized carbons (Fsp3) is 0.500. The summed E-state index contributed by atoms with van der Waals surface area (Å²) in [6.45, 7) is 1.81. The summed E-state index contributed by atoms with van der Waals surface area (Å²) in [4.78, 5) is 16.5. The van der Waals surface area contributed by atoms with Crippen molar-refractivity contribution < 1.29 is 13.9 Å². The molecule has 4 nitrogen and oxygen atoms in total. The number of likely N-dealkylation sites (N-methyl/N-ethyl adjacent to an activating group) is 1. The Morgan fingerprint density at radius 3 is 2.63 bits per heavy atom. The van der Waals surface area contributed by atoms with Crippen molar-refractivity contribution in [3.05, 3.63) is 29.6 Å². The van der Waals surface area contributed by atoms with Gasteiger partial charge in [0, 0.05) is 30.7 Å². The number of hydrogen-bond donors (Lipinski definition) is 0. The zero-order chi connectivity index (χ0) is 13.6. The average molecular weight is 264 g/mol. The van der Waals surface area contributed by atoms with Gasteiger partial charge < -0.3 is 14.5 Å². The quantitative estimate of drug-likeness (QED) is 0.808. The van der Waals surface area contributed by atoms with E-state index in [4.69, 9.17) is 4.74 Å². The van der Waals surface area contributed by atoms with Crippen molar-refractivity contribution in [1.29, 1.82) is 0 Å². The highest BCUT2D eigenvalue weighted by atomic mass is 19.1. The van der Waals surface area contributed by atoms with E-state index < -0.39 is 5.82 Å². The Hall–Kier alpha value is -1.62. The van der Waals surface area contributed by atoms with Crippen LogP contribution in [0.25, 0.3) is 0 Å². The molecule has 2 bridgehead atoms. The van der Waals surface area contributed by atoms with Crippen LogP contribution < -0.4 is 4.74 Å². The maximum atomic E-state index is 13.6. The van der Waals surface area contributed by atoms with Crippen LogP contribution in [0.4, 0.5) is 4.39 Å². The van der Waals surface area contributed by atoms with E-state index in [0.29, 0.717) is 5.56 Å². The number of likely N-dealkylation sites (tertiary alicyclic amines) is 2. The highest BCUT2D eigenvalue weighted by Gasteiger charge is 2.46. The zero-order valence-electron chi connectivity index (χ0n) is 11.1. The molecule has 3 rings (SSSR count). The number of hydrogen-bond acceptors (Lipinski definition) is 3. The number of piperazine rings is 1. The van der Waals surface area contributed by atoms with Crippen LogP contribution in [0.3, 0.4) is 0 Å². The molecule has 0 aliphatic carbocycles. The lowest BCUT2D eigenvalue weighted by Crippen LogP contribution is -2.69. The summed E-state index contributed by atoms with van der Waals surface area (Å²) in [6.07, 6.45) is 1.06. The molecule has 2 unspecified atom stereocenters. The van der Waals surface area contributed by atoms with E-state index in [2.05, 4.69) is 11.9 Å². The summed E-state index contributed by atoms with van der Waals surface area (Å²) in [7, 11) is 3.48. The Balaban J connectivity index is 1.80. The van der Waals surface area contributed by atoms with E-state index in [1.165, 1.54) is 19.2 Å². The number of halogens is 1. The summed E-state index contributed by atoms with van der Waals surface area (Å²) in [5.74, 6) is -0.396. The van der Waals surface area contributed by atoms with E-state index in [1.807, 2.05) is 4.90 Å². The first-order valence-electron chi connectivity index (χ1n) is 6.45. The van der Waals surface area contributed by atoms with Crippen molar-refractivity contribution in [2.45, 2.75) is 18.5 Å². The standard InChI is InChI=1S/C14H17FN2O2/c1-16-7-10-6-11(8-16)17(10)14(18)9-3-4-13(19-2)12(15)5-9/h3-5,10-11H,6-8H2,1-2H3. The van der Waals surface area contributed by atoms with Crippen LogP contribution in [-0.4, -0.2) is 55.0 Å². The minimum atomic E-state index is -0.490. The third kappa shape index (κ3) is 1.98. The number of nitrogens with zero attached hydrogens (tertiary/aromatic N) is 2. The Bertz CT molecular complexity index is 508. The predicted molar refractivity (Wildman–Crippen MR) is 68.8 cm³/mol. The Kier molecular flexibility index (Phi) is 2.93. The first-order valence-corrected chi connectivity index (χ1v) is 6.45. The molecule has 0 spiro atoms. The second kappa shape index (κ2) is 4.49. The third-order valence-electron chi connectivity index (χ3n) is 4.01. The van der Waals surface area contributed by atoms with Crippen LogP contribution in [0.2, 0.25) is 0 Å². The molecule has 2 saturated heterocycles. The molecule has 1 aromatic carbocycles. The van der Waals surface area contributed by atoms with E-state index in [-0.39, 0.29) is 23.7 Å². The summed E-state index contributed by atoms with van der Waals surface area (Å²) < 4.78 is 18.5. The molecule has 0 aromatic heterocycles. The van der Waals surface area contributed by atoms with E-state index in [0.717, 1.165) is 19.5 Å². The molecule has 0 saturated carbocycles. The van der Waals surface area contributed by atoms with Gasteiger partial charge in [-0.2, -0.15) is 0 Å². The number of fused-ring (bicyclic) bond motifs is 2. The number of amides is 1. The number of ether oxygens (including phenoxy) is 1. The minimum absolute atomic E-state index is 0.0732. The molecule has 5 heteroatoms. The van der Waals surface area contributed by atoms with Crippen molar-refractivity contribution in [2.24, 2.45) is 0 Å². The smallest absolute Gasteiger partial charge is 0.254 e. The average Bonchev–Trinajstić information content (AvgIpc) is 2.38. The second-order valence-corrected chi connectivity index (χ2v) is 5.33. The van der Waals surface area contributed by atoms with E-state index >= 15 is 0 Å². The summed E-state index contributed by atoms with van der Waals surface area (Å²) in [6, 6.07) is 4.95. The van der Waals surface area contributed by atoms with Crippen molar-refractivity contribution in [2.75, 3.05) is 27.2 Å². The van der Waals surface area contributed by atoms with Gasteiger partial charge in [0.05, 0.1) is 7.11 Å². The Morgan fingerprint density at radius 2 is 2.05 bits per heavy atom. The van der Waals surface area contributed by atoms with Gasteiger partial charge in [0.2, 0.25) is 0 Å².